The normalized spacial score (nSPS) is 11.8. The van der Waals surface area contributed by atoms with E-state index in [1.54, 1.807) is 16.8 Å². The minimum Gasteiger partial charge on any atom is -0.479 e. The molecular formula is C18H19FN2O4S. The van der Waals surface area contributed by atoms with E-state index in [0.29, 0.717) is 5.56 Å². The van der Waals surface area contributed by atoms with E-state index in [0.717, 1.165) is 6.07 Å². The van der Waals surface area contributed by atoms with Crippen LogP contribution < -0.4 is 10.6 Å². The van der Waals surface area contributed by atoms with Crippen LogP contribution in [0, 0.1) is 11.7 Å². The number of benzene rings is 1. The highest BCUT2D eigenvalue weighted by molar-refractivity contribution is 7.08. The number of amides is 2. The highest BCUT2D eigenvalue weighted by Gasteiger charge is 2.23. The second-order valence-electron chi connectivity index (χ2n) is 6.14. The fourth-order valence-corrected chi connectivity index (χ4v) is 2.96. The van der Waals surface area contributed by atoms with Crippen LogP contribution in [0.4, 0.5) is 10.1 Å². The summed E-state index contributed by atoms with van der Waals surface area (Å²) in [4.78, 5) is 35.3. The first kappa shape index (κ1) is 19.6. The summed E-state index contributed by atoms with van der Waals surface area (Å²) in [6.45, 7) is 3.74. The number of halogens is 1. The Bertz CT molecular complexity index is 806. The SMILES string of the molecule is CC(C)CC(=O)Nc1ccc(C(=O)NC(C(=O)O)c2ccsc2)cc1F. The Labute approximate surface area is 154 Å². The zero-order valence-corrected chi connectivity index (χ0v) is 15.1. The standard InChI is InChI=1S/C18H19FN2O4S/c1-10(2)7-15(22)20-14-4-3-11(8-13(14)19)17(23)21-16(18(24)25)12-5-6-26-9-12/h3-6,8-10,16H,7H2,1-2H3,(H,20,22)(H,21,23)(H,24,25). The molecule has 0 aliphatic heterocycles. The van der Waals surface area contributed by atoms with E-state index in [1.165, 1.54) is 23.5 Å². The van der Waals surface area contributed by atoms with Gasteiger partial charge in [-0.05, 0) is 46.5 Å². The molecule has 6 nitrogen and oxygen atoms in total. The summed E-state index contributed by atoms with van der Waals surface area (Å²) >= 11 is 1.31. The lowest BCUT2D eigenvalue weighted by molar-refractivity contribution is -0.139. The summed E-state index contributed by atoms with van der Waals surface area (Å²) in [5, 5.41) is 17.4. The molecule has 0 aliphatic rings. The summed E-state index contributed by atoms with van der Waals surface area (Å²) in [5.41, 5.74) is 0.375. The number of rotatable bonds is 7. The van der Waals surface area contributed by atoms with Crippen LogP contribution in [0.1, 0.15) is 42.2 Å². The molecular weight excluding hydrogens is 359 g/mol. The van der Waals surface area contributed by atoms with E-state index in [1.807, 2.05) is 13.8 Å². The molecule has 1 aromatic carbocycles. The highest BCUT2D eigenvalue weighted by Crippen LogP contribution is 2.20. The number of carboxylic acids is 1. The molecule has 26 heavy (non-hydrogen) atoms. The van der Waals surface area contributed by atoms with Gasteiger partial charge >= 0.3 is 5.97 Å². The van der Waals surface area contributed by atoms with Gasteiger partial charge in [-0.15, -0.1) is 0 Å². The molecule has 0 radical (unpaired) electrons. The largest absolute Gasteiger partial charge is 0.479 e. The summed E-state index contributed by atoms with van der Waals surface area (Å²) in [5.74, 6) is -2.89. The lowest BCUT2D eigenvalue weighted by Gasteiger charge is -2.14. The summed E-state index contributed by atoms with van der Waals surface area (Å²) in [7, 11) is 0. The van der Waals surface area contributed by atoms with Crippen LogP contribution in [0.25, 0.3) is 0 Å². The molecule has 0 fully saturated rings. The number of nitrogens with one attached hydrogen (secondary N) is 2. The van der Waals surface area contributed by atoms with Crippen LogP contribution in [-0.2, 0) is 9.59 Å². The van der Waals surface area contributed by atoms with Crippen molar-refractivity contribution >= 4 is 34.8 Å². The average molecular weight is 378 g/mol. The van der Waals surface area contributed by atoms with Crippen LogP contribution in [0.5, 0.6) is 0 Å². The Morgan fingerprint density at radius 1 is 1.23 bits per heavy atom. The Hall–Kier alpha value is -2.74. The third-order valence-electron chi connectivity index (χ3n) is 3.50. The third-order valence-corrected chi connectivity index (χ3v) is 4.20. The molecule has 2 rings (SSSR count). The van der Waals surface area contributed by atoms with Gasteiger partial charge in [0.25, 0.3) is 5.91 Å². The molecule has 8 heteroatoms. The molecule has 1 heterocycles. The molecule has 3 N–H and O–H groups in total. The maximum absolute atomic E-state index is 14.2. The first-order valence-electron chi connectivity index (χ1n) is 7.93. The zero-order chi connectivity index (χ0) is 19.3. The van der Waals surface area contributed by atoms with E-state index >= 15 is 0 Å². The summed E-state index contributed by atoms with van der Waals surface area (Å²) in [6.07, 6.45) is 0.253. The number of carbonyl (C=O) groups is 3. The van der Waals surface area contributed by atoms with Crippen molar-refractivity contribution in [2.45, 2.75) is 26.3 Å². The van der Waals surface area contributed by atoms with E-state index in [9.17, 15) is 23.9 Å². The maximum Gasteiger partial charge on any atom is 0.330 e. The van der Waals surface area contributed by atoms with Crippen molar-refractivity contribution in [2.75, 3.05) is 5.32 Å². The van der Waals surface area contributed by atoms with Crippen LogP contribution in [-0.4, -0.2) is 22.9 Å². The molecule has 0 saturated heterocycles. The van der Waals surface area contributed by atoms with Crippen LogP contribution >= 0.6 is 11.3 Å². The number of aliphatic carboxylic acids is 1. The lowest BCUT2D eigenvalue weighted by Crippen LogP contribution is -2.33. The zero-order valence-electron chi connectivity index (χ0n) is 14.3. The van der Waals surface area contributed by atoms with E-state index in [4.69, 9.17) is 0 Å². The average Bonchev–Trinajstić information content (AvgIpc) is 3.07. The van der Waals surface area contributed by atoms with Crippen molar-refractivity contribution in [1.82, 2.24) is 5.32 Å². The van der Waals surface area contributed by atoms with Gasteiger partial charge in [0.05, 0.1) is 5.69 Å². The third kappa shape index (κ3) is 5.13. The Morgan fingerprint density at radius 2 is 1.96 bits per heavy atom. The van der Waals surface area contributed by atoms with Crippen molar-refractivity contribution in [1.29, 1.82) is 0 Å². The predicted octanol–water partition coefficient (Wildman–Crippen LogP) is 3.43. The van der Waals surface area contributed by atoms with Gasteiger partial charge in [0.15, 0.2) is 6.04 Å². The molecule has 1 atom stereocenters. The Kier molecular flexibility index (Phi) is 6.46. The second-order valence-corrected chi connectivity index (χ2v) is 6.92. The molecule has 1 aromatic heterocycles. The summed E-state index contributed by atoms with van der Waals surface area (Å²) < 4.78 is 14.2. The van der Waals surface area contributed by atoms with Gasteiger partial charge < -0.3 is 15.7 Å². The molecule has 1 unspecified atom stereocenters. The molecule has 138 valence electrons. The Morgan fingerprint density at radius 3 is 2.50 bits per heavy atom. The number of hydrogen-bond donors (Lipinski definition) is 3. The quantitative estimate of drug-likeness (QED) is 0.688. The van der Waals surface area contributed by atoms with Crippen molar-refractivity contribution < 1.29 is 23.9 Å². The van der Waals surface area contributed by atoms with Gasteiger partial charge in [0.2, 0.25) is 5.91 Å². The number of hydrogen-bond acceptors (Lipinski definition) is 4. The first-order chi connectivity index (χ1) is 12.3. The number of thiophene rings is 1. The topological polar surface area (TPSA) is 95.5 Å². The van der Waals surface area contributed by atoms with Gasteiger partial charge in [-0.3, -0.25) is 9.59 Å². The van der Waals surface area contributed by atoms with Gasteiger partial charge in [0, 0.05) is 12.0 Å². The fourth-order valence-electron chi connectivity index (χ4n) is 2.27. The molecule has 2 aromatic rings. The number of anilines is 1. The number of carbonyl (C=O) groups excluding carboxylic acids is 2. The van der Waals surface area contributed by atoms with Gasteiger partial charge in [-0.2, -0.15) is 11.3 Å². The molecule has 0 saturated carbocycles. The highest BCUT2D eigenvalue weighted by atomic mass is 32.1. The van der Waals surface area contributed by atoms with Crippen molar-refractivity contribution in [3.63, 3.8) is 0 Å². The Balaban J connectivity index is 2.11. The molecule has 0 bridgehead atoms. The van der Waals surface area contributed by atoms with Crippen LogP contribution in [0.15, 0.2) is 35.0 Å². The van der Waals surface area contributed by atoms with Crippen molar-refractivity contribution in [2.24, 2.45) is 5.92 Å². The predicted molar refractivity (Wildman–Crippen MR) is 96.6 cm³/mol. The molecule has 0 aliphatic carbocycles. The van der Waals surface area contributed by atoms with Crippen LogP contribution in [0.2, 0.25) is 0 Å². The monoisotopic (exact) mass is 378 g/mol. The van der Waals surface area contributed by atoms with E-state index in [2.05, 4.69) is 10.6 Å². The first-order valence-corrected chi connectivity index (χ1v) is 8.87. The maximum atomic E-state index is 14.2. The van der Waals surface area contributed by atoms with Crippen molar-refractivity contribution in [3.8, 4) is 0 Å². The van der Waals surface area contributed by atoms with Gasteiger partial charge in [-0.25, -0.2) is 9.18 Å². The fraction of sp³-hybridized carbons (Fsp3) is 0.278. The minimum absolute atomic E-state index is 0.0279. The van der Waals surface area contributed by atoms with Crippen LogP contribution in [0.3, 0.4) is 0 Å². The minimum atomic E-state index is -1.22. The van der Waals surface area contributed by atoms with E-state index in [-0.39, 0.29) is 29.5 Å². The second kappa shape index (κ2) is 8.57. The summed E-state index contributed by atoms with van der Waals surface area (Å²) in [6, 6.07) is 3.95. The number of carboxylic acid groups (broad SMARTS) is 1. The lowest BCUT2D eigenvalue weighted by atomic mass is 10.1. The molecule has 2 amide bonds. The van der Waals surface area contributed by atoms with E-state index < -0.39 is 23.7 Å². The smallest absolute Gasteiger partial charge is 0.330 e. The molecule has 0 spiro atoms. The van der Waals surface area contributed by atoms with Crippen molar-refractivity contribution in [3.05, 3.63) is 52.0 Å². The van der Waals surface area contributed by atoms with Gasteiger partial charge in [-0.1, -0.05) is 13.8 Å². The van der Waals surface area contributed by atoms with Gasteiger partial charge in [0.1, 0.15) is 5.82 Å².